The Labute approximate surface area is 217 Å². The Bertz CT molecular complexity index is 1690. The molecule has 0 atom stereocenters. The first-order chi connectivity index (χ1) is 18.5. The molecule has 6 rings (SSSR count). The SMILES string of the molecule is C=CC(=O)NC1CN(c2ncc3ncnc(Nc4ccc(Oc5cnc6c(c5)ncn6C)c(C)c4)c3n2)C1. The number of benzene rings is 1. The number of aromatic nitrogens is 7. The summed E-state index contributed by atoms with van der Waals surface area (Å²) in [5.41, 5.74) is 4.54. The van der Waals surface area contributed by atoms with Gasteiger partial charge in [0, 0.05) is 31.9 Å². The van der Waals surface area contributed by atoms with E-state index >= 15 is 0 Å². The highest BCUT2D eigenvalue weighted by Crippen LogP contribution is 2.30. The molecule has 1 aromatic carbocycles. The van der Waals surface area contributed by atoms with Crippen LogP contribution in [0.5, 0.6) is 11.5 Å². The third-order valence-electron chi connectivity index (χ3n) is 6.25. The van der Waals surface area contributed by atoms with Crippen LogP contribution in [0.3, 0.4) is 0 Å². The smallest absolute Gasteiger partial charge is 0.243 e. The number of imidazole rings is 1. The van der Waals surface area contributed by atoms with Crippen molar-refractivity contribution in [2.75, 3.05) is 23.3 Å². The number of aryl methyl sites for hydroxylation is 2. The number of hydrogen-bond acceptors (Lipinski definition) is 10. The fourth-order valence-corrected chi connectivity index (χ4v) is 4.24. The van der Waals surface area contributed by atoms with Crippen molar-refractivity contribution in [3.05, 3.63) is 67.5 Å². The number of hydrogen-bond donors (Lipinski definition) is 2. The molecule has 1 aliphatic heterocycles. The molecule has 0 saturated carbocycles. The lowest BCUT2D eigenvalue weighted by molar-refractivity contribution is -0.117. The Morgan fingerprint density at radius 1 is 1.11 bits per heavy atom. The molecule has 0 spiro atoms. The van der Waals surface area contributed by atoms with Crippen LogP contribution in [0, 0.1) is 6.92 Å². The van der Waals surface area contributed by atoms with E-state index in [1.165, 1.54) is 12.4 Å². The summed E-state index contributed by atoms with van der Waals surface area (Å²) in [6, 6.07) is 7.68. The number of carbonyl (C=O) groups is 1. The summed E-state index contributed by atoms with van der Waals surface area (Å²) < 4.78 is 7.94. The Balaban J connectivity index is 1.19. The fraction of sp³-hybridized carbons (Fsp3) is 0.192. The molecule has 1 amide bonds. The average molecular weight is 509 g/mol. The van der Waals surface area contributed by atoms with Gasteiger partial charge in [-0.3, -0.25) is 4.79 Å². The van der Waals surface area contributed by atoms with Crippen LogP contribution in [0.25, 0.3) is 22.2 Å². The second-order valence-corrected chi connectivity index (χ2v) is 9.02. The molecule has 0 aliphatic carbocycles. The van der Waals surface area contributed by atoms with Gasteiger partial charge in [-0.15, -0.1) is 0 Å². The molecule has 1 fully saturated rings. The highest BCUT2D eigenvalue weighted by Gasteiger charge is 2.29. The van der Waals surface area contributed by atoms with Crippen molar-refractivity contribution >= 4 is 45.6 Å². The van der Waals surface area contributed by atoms with Gasteiger partial charge in [-0.1, -0.05) is 6.58 Å². The summed E-state index contributed by atoms with van der Waals surface area (Å²) in [5.74, 6) is 2.25. The van der Waals surface area contributed by atoms with Crippen LogP contribution < -0.4 is 20.3 Å². The molecule has 12 heteroatoms. The van der Waals surface area contributed by atoms with E-state index in [1.54, 1.807) is 18.7 Å². The lowest BCUT2D eigenvalue weighted by Gasteiger charge is -2.39. The van der Waals surface area contributed by atoms with Crippen molar-refractivity contribution in [1.29, 1.82) is 0 Å². The predicted molar refractivity (Wildman–Crippen MR) is 143 cm³/mol. The number of nitrogens with zero attached hydrogens (tertiary/aromatic N) is 8. The number of pyridine rings is 1. The lowest BCUT2D eigenvalue weighted by Crippen LogP contribution is -2.59. The van der Waals surface area contributed by atoms with Crippen molar-refractivity contribution in [2.24, 2.45) is 7.05 Å². The van der Waals surface area contributed by atoms with Gasteiger partial charge in [-0.25, -0.2) is 29.9 Å². The summed E-state index contributed by atoms with van der Waals surface area (Å²) in [6.07, 6.45) is 7.83. The monoisotopic (exact) mass is 508 g/mol. The molecule has 0 radical (unpaired) electrons. The third-order valence-corrected chi connectivity index (χ3v) is 6.25. The van der Waals surface area contributed by atoms with Gasteiger partial charge in [0.2, 0.25) is 11.9 Å². The van der Waals surface area contributed by atoms with Crippen molar-refractivity contribution < 1.29 is 9.53 Å². The highest BCUT2D eigenvalue weighted by atomic mass is 16.5. The fourth-order valence-electron chi connectivity index (χ4n) is 4.24. The minimum absolute atomic E-state index is 0.0368. The first kappa shape index (κ1) is 23.3. The zero-order chi connectivity index (χ0) is 26.2. The Kier molecular flexibility index (Phi) is 5.75. The Morgan fingerprint density at radius 2 is 1.97 bits per heavy atom. The van der Waals surface area contributed by atoms with E-state index in [2.05, 4.69) is 42.1 Å². The summed E-state index contributed by atoms with van der Waals surface area (Å²) >= 11 is 0. The van der Waals surface area contributed by atoms with Gasteiger partial charge in [0.1, 0.15) is 34.4 Å². The number of carbonyl (C=O) groups excluding carboxylic acids is 1. The highest BCUT2D eigenvalue weighted by molar-refractivity contribution is 5.88. The van der Waals surface area contributed by atoms with Crippen LogP contribution in [-0.2, 0) is 11.8 Å². The number of fused-ring (bicyclic) bond motifs is 2. The number of anilines is 3. The number of amides is 1. The van der Waals surface area contributed by atoms with Crippen LogP contribution in [0.15, 0.2) is 62.0 Å². The maximum absolute atomic E-state index is 11.5. The summed E-state index contributed by atoms with van der Waals surface area (Å²) in [6.45, 7) is 6.68. The average Bonchev–Trinajstić information content (AvgIpc) is 3.27. The minimum Gasteiger partial charge on any atom is -0.455 e. The first-order valence-electron chi connectivity index (χ1n) is 11.9. The van der Waals surface area contributed by atoms with Crippen molar-refractivity contribution in [2.45, 2.75) is 13.0 Å². The molecule has 0 bridgehead atoms. The topological polar surface area (TPSA) is 136 Å². The maximum atomic E-state index is 11.5. The van der Waals surface area contributed by atoms with Gasteiger partial charge in [-0.05, 0) is 36.8 Å². The zero-order valence-electron chi connectivity index (χ0n) is 20.8. The van der Waals surface area contributed by atoms with E-state index in [0.717, 1.165) is 22.4 Å². The predicted octanol–water partition coefficient (Wildman–Crippen LogP) is 3.04. The molecular weight excluding hydrogens is 484 g/mol. The van der Waals surface area contributed by atoms with E-state index in [-0.39, 0.29) is 11.9 Å². The maximum Gasteiger partial charge on any atom is 0.243 e. The summed E-state index contributed by atoms with van der Waals surface area (Å²) in [4.78, 5) is 40.1. The number of ether oxygens (including phenoxy) is 1. The molecule has 190 valence electrons. The van der Waals surface area contributed by atoms with Crippen LogP contribution in [0.4, 0.5) is 17.5 Å². The first-order valence-corrected chi connectivity index (χ1v) is 11.9. The molecule has 38 heavy (non-hydrogen) atoms. The molecule has 1 aliphatic rings. The molecule has 4 aromatic heterocycles. The lowest BCUT2D eigenvalue weighted by atomic mass is 10.1. The molecule has 0 unspecified atom stereocenters. The molecule has 5 heterocycles. The largest absolute Gasteiger partial charge is 0.455 e. The molecule has 12 nitrogen and oxygen atoms in total. The van der Waals surface area contributed by atoms with Gasteiger partial charge >= 0.3 is 0 Å². The van der Waals surface area contributed by atoms with E-state index in [0.29, 0.717) is 47.4 Å². The normalized spacial score (nSPS) is 13.4. The van der Waals surface area contributed by atoms with E-state index in [4.69, 9.17) is 9.72 Å². The van der Waals surface area contributed by atoms with E-state index < -0.39 is 0 Å². The van der Waals surface area contributed by atoms with Gasteiger partial charge in [0.25, 0.3) is 0 Å². The zero-order valence-corrected chi connectivity index (χ0v) is 20.8. The molecule has 1 saturated heterocycles. The minimum atomic E-state index is -0.188. The molecule has 5 aromatic rings. The van der Waals surface area contributed by atoms with Crippen molar-refractivity contribution in [1.82, 2.24) is 39.8 Å². The van der Waals surface area contributed by atoms with Gasteiger partial charge < -0.3 is 24.8 Å². The van der Waals surface area contributed by atoms with Crippen LogP contribution in [0.1, 0.15) is 5.56 Å². The van der Waals surface area contributed by atoms with Crippen molar-refractivity contribution in [3.63, 3.8) is 0 Å². The second kappa shape index (κ2) is 9.39. The van der Waals surface area contributed by atoms with Gasteiger partial charge in [0.05, 0.1) is 24.8 Å². The van der Waals surface area contributed by atoms with E-state index in [9.17, 15) is 4.79 Å². The molecule has 2 N–H and O–H groups in total. The third kappa shape index (κ3) is 4.43. The summed E-state index contributed by atoms with van der Waals surface area (Å²) in [5, 5.41) is 6.21. The van der Waals surface area contributed by atoms with Crippen LogP contribution in [-0.4, -0.2) is 59.5 Å². The quantitative estimate of drug-likeness (QED) is 0.316. The van der Waals surface area contributed by atoms with Gasteiger partial charge in [-0.2, -0.15) is 0 Å². The Morgan fingerprint density at radius 3 is 2.79 bits per heavy atom. The number of rotatable bonds is 7. The second-order valence-electron chi connectivity index (χ2n) is 9.02. The summed E-state index contributed by atoms with van der Waals surface area (Å²) in [7, 11) is 1.90. The molecular formula is C26H24N10O2. The standard InChI is InChI=1S/C26H24N10O2/c1-4-22(37)32-17-11-36(12-17)26-28-10-20-23(34-26)24(30-13-29-20)33-16-5-6-21(15(2)7-16)38-18-8-19-25(27-9-18)35(3)14-31-19/h4-10,13-14,17H,1,11-12H2,2-3H3,(H,32,37)(H,29,30,33). The Hall–Kier alpha value is -5.13. The van der Waals surface area contributed by atoms with Gasteiger partial charge in [0.15, 0.2) is 11.5 Å². The van der Waals surface area contributed by atoms with Crippen LogP contribution in [0.2, 0.25) is 0 Å². The van der Waals surface area contributed by atoms with Crippen LogP contribution >= 0.6 is 0 Å². The van der Waals surface area contributed by atoms with E-state index in [1.807, 2.05) is 47.7 Å². The van der Waals surface area contributed by atoms with Crippen molar-refractivity contribution in [3.8, 4) is 11.5 Å². The number of nitrogens with one attached hydrogen (secondary N) is 2.